The lowest BCUT2D eigenvalue weighted by molar-refractivity contribution is 0.306. The zero-order valence-electron chi connectivity index (χ0n) is 17.8. The van der Waals surface area contributed by atoms with Gasteiger partial charge in [0.25, 0.3) is 0 Å². The van der Waals surface area contributed by atoms with Crippen molar-refractivity contribution in [3.8, 4) is 17.1 Å². The fraction of sp³-hybridized carbons (Fsp3) is 0.200. The molecule has 5 nitrogen and oxygen atoms in total. The zero-order chi connectivity index (χ0) is 21.8. The first-order valence-electron chi connectivity index (χ1n) is 10.1. The van der Waals surface area contributed by atoms with Gasteiger partial charge in [-0.15, -0.1) is 10.2 Å². The molecule has 1 N–H and O–H groups in total. The summed E-state index contributed by atoms with van der Waals surface area (Å²) in [4.78, 5) is 0. The molecule has 0 amide bonds. The summed E-state index contributed by atoms with van der Waals surface area (Å²) in [6.45, 7) is 4.63. The average molecular weight is 433 g/mol. The van der Waals surface area contributed by atoms with Crippen LogP contribution in [0.1, 0.15) is 25.2 Å². The summed E-state index contributed by atoms with van der Waals surface area (Å²) >= 11 is 6.51. The minimum atomic E-state index is -0.413. The zero-order valence-corrected chi connectivity index (χ0v) is 18.6. The van der Waals surface area contributed by atoms with E-state index in [2.05, 4.69) is 29.4 Å². The number of nitrogens with one attached hydrogen (secondary N) is 1. The van der Waals surface area contributed by atoms with Crippen molar-refractivity contribution in [1.29, 1.82) is 0 Å². The topological polar surface area (TPSA) is 52.0 Å². The predicted molar refractivity (Wildman–Crippen MR) is 125 cm³/mol. The van der Waals surface area contributed by atoms with Crippen LogP contribution in [-0.2, 0) is 19.2 Å². The van der Waals surface area contributed by atoms with E-state index >= 15 is 0 Å². The quantitative estimate of drug-likeness (QED) is 0.385. The summed E-state index contributed by atoms with van der Waals surface area (Å²) < 4.78 is 7.88. The first-order chi connectivity index (χ1) is 14.9. The molecule has 0 aliphatic carbocycles. The molecule has 0 aliphatic rings. The van der Waals surface area contributed by atoms with Crippen molar-refractivity contribution < 1.29 is 4.74 Å². The fourth-order valence-corrected chi connectivity index (χ4v) is 3.79. The highest BCUT2D eigenvalue weighted by atomic mass is 35.5. The van der Waals surface area contributed by atoms with Crippen LogP contribution in [0.3, 0.4) is 0 Å². The number of rotatable bonds is 7. The maximum atomic E-state index is 6.51. The molecule has 31 heavy (non-hydrogen) atoms. The highest BCUT2D eigenvalue weighted by Gasteiger charge is 2.27. The Labute approximate surface area is 187 Å². The minimum Gasteiger partial charge on any atom is -0.487 e. The lowest BCUT2D eigenvalue weighted by atomic mass is 10.0. The third-order valence-electron chi connectivity index (χ3n) is 5.09. The van der Waals surface area contributed by atoms with E-state index in [1.54, 1.807) is 0 Å². The van der Waals surface area contributed by atoms with Gasteiger partial charge in [0.2, 0.25) is 0 Å². The van der Waals surface area contributed by atoms with Crippen LogP contribution in [0.5, 0.6) is 5.75 Å². The molecule has 0 atom stereocenters. The normalized spacial score (nSPS) is 11.4. The Bertz CT molecular complexity index is 1160. The van der Waals surface area contributed by atoms with E-state index in [4.69, 9.17) is 16.3 Å². The average Bonchev–Trinajstić information content (AvgIpc) is 3.16. The van der Waals surface area contributed by atoms with E-state index in [0.717, 1.165) is 28.5 Å². The molecule has 1 heterocycles. The Morgan fingerprint density at radius 1 is 0.935 bits per heavy atom. The van der Waals surface area contributed by atoms with Gasteiger partial charge in [-0.25, -0.2) is 0 Å². The molecule has 1 aromatic heterocycles. The summed E-state index contributed by atoms with van der Waals surface area (Å²) in [6.07, 6.45) is 0. The molecule has 0 saturated carbocycles. The van der Waals surface area contributed by atoms with Crippen LogP contribution in [-0.4, -0.2) is 14.8 Å². The molecule has 0 unspecified atom stereocenters. The Morgan fingerprint density at radius 2 is 1.61 bits per heavy atom. The number of hydrogen-bond donors (Lipinski definition) is 1. The smallest absolute Gasteiger partial charge is 0.163 e. The third-order valence-corrected chi connectivity index (χ3v) is 5.39. The molecular weight excluding hydrogens is 408 g/mol. The number of nitrogens with zero attached hydrogens (tertiary/aromatic N) is 3. The van der Waals surface area contributed by atoms with Gasteiger partial charge in [-0.2, -0.15) is 0 Å². The molecule has 4 rings (SSSR count). The molecule has 0 aliphatic heterocycles. The first kappa shape index (κ1) is 20.9. The minimum absolute atomic E-state index is 0.413. The largest absolute Gasteiger partial charge is 0.487 e. The summed E-state index contributed by atoms with van der Waals surface area (Å²) in [7, 11) is 1.97. The second-order valence-electron chi connectivity index (χ2n) is 7.94. The SMILES string of the molecule is Cn1c(-c2ccc(OCc3ccccc3)c(Cl)c2)nnc1C(C)(C)Nc1ccccc1. The van der Waals surface area contributed by atoms with Gasteiger partial charge in [-0.3, -0.25) is 0 Å². The molecule has 0 spiro atoms. The molecule has 158 valence electrons. The Hall–Kier alpha value is -3.31. The molecule has 6 heteroatoms. The number of benzene rings is 3. The highest BCUT2D eigenvalue weighted by Crippen LogP contribution is 2.32. The van der Waals surface area contributed by atoms with Crippen molar-refractivity contribution in [2.45, 2.75) is 26.0 Å². The van der Waals surface area contributed by atoms with E-state index in [0.29, 0.717) is 17.4 Å². The summed E-state index contributed by atoms with van der Waals surface area (Å²) in [6, 6.07) is 25.8. The van der Waals surface area contributed by atoms with Crippen LogP contribution in [0, 0.1) is 0 Å². The van der Waals surface area contributed by atoms with Crippen molar-refractivity contribution in [1.82, 2.24) is 14.8 Å². The number of hydrogen-bond acceptors (Lipinski definition) is 4. The Balaban J connectivity index is 1.53. The van der Waals surface area contributed by atoms with Gasteiger partial charge in [-0.05, 0) is 49.7 Å². The summed E-state index contributed by atoms with van der Waals surface area (Å²) in [5.41, 5.74) is 2.59. The van der Waals surface area contributed by atoms with Crippen LogP contribution in [0.2, 0.25) is 5.02 Å². The molecule has 4 aromatic rings. The first-order valence-corrected chi connectivity index (χ1v) is 10.5. The highest BCUT2D eigenvalue weighted by molar-refractivity contribution is 6.32. The van der Waals surface area contributed by atoms with Gasteiger partial charge in [0.1, 0.15) is 12.4 Å². The second-order valence-corrected chi connectivity index (χ2v) is 8.35. The molecule has 3 aromatic carbocycles. The fourth-order valence-electron chi connectivity index (χ4n) is 3.56. The number of anilines is 1. The van der Waals surface area contributed by atoms with Crippen LogP contribution >= 0.6 is 11.6 Å². The number of aromatic nitrogens is 3. The number of ether oxygens (including phenoxy) is 1. The van der Waals surface area contributed by atoms with E-state index in [9.17, 15) is 0 Å². The van der Waals surface area contributed by atoms with Gasteiger partial charge in [0.05, 0.1) is 10.6 Å². The van der Waals surface area contributed by atoms with Crippen molar-refractivity contribution in [2.75, 3.05) is 5.32 Å². The van der Waals surface area contributed by atoms with Gasteiger partial charge in [0.15, 0.2) is 11.6 Å². The molecule has 0 radical (unpaired) electrons. The van der Waals surface area contributed by atoms with Crippen molar-refractivity contribution >= 4 is 17.3 Å². The number of para-hydroxylation sites is 1. The lowest BCUT2D eigenvalue weighted by Gasteiger charge is -2.26. The van der Waals surface area contributed by atoms with Crippen molar-refractivity contribution in [3.63, 3.8) is 0 Å². The third kappa shape index (κ3) is 4.72. The van der Waals surface area contributed by atoms with Crippen LogP contribution in [0.4, 0.5) is 5.69 Å². The molecular formula is C25H25ClN4O. The van der Waals surface area contributed by atoms with Crippen LogP contribution < -0.4 is 10.1 Å². The van der Waals surface area contributed by atoms with E-state index < -0.39 is 5.54 Å². The summed E-state index contributed by atoms with van der Waals surface area (Å²) in [5.74, 6) is 2.21. The maximum absolute atomic E-state index is 6.51. The molecule has 0 fully saturated rings. The monoisotopic (exact) mass is 432 g/mol. The lowest BCUT2D eigenvalue weighted by Crippen LogP contribution is -2.31. The Morgan fingerprint density at radius 3 is 2.29 bits per heavy atom. The van der Waals surface area contributed by atoms with Crippen molar-refractivity contribution in [2.24, 2.45) is 7.05 Å². The van der Waals surface area contributed by atoms with E-state index in [-0.39, 0.29) is 0 Å². The van der Waals surface area contributed by atoms with Gasteiger partial charge < -0.3 is 14.6 Å². The van der Waals surface area contributed by atoms with Crippen molar-refractivity contribution in [3.05, 3.63) is 95.3 Å². The second kappa shape index (κ2) is 8.82. The van der Waals surface area contributed by atoms with E-state index in [1.807, 2.05) is 90.5 Å². The van der Waals surface area contributed by atoms with Gasteiger partial charge >= 0.3 is 0 Å². The maximum Gasteiger partial charge on any atom is 0.163 e. The van der Waals surface area contributed by atoms with E-state index in [1.165, 1.54) is 0 Å². The predicted octanol–water partition coefficient (Wildman–Crippen LogP) is 6.06. The molecule has 0 bridgehead atoms. The summed E-state index contributed by atoms with van der Waals surface area (Å²) in [5, 5.41) is 13.0. The van der Waals surface area contributed by atoms with Gasteiger partial charge in [-0.1, -0.05) is 60.1 Å². The van der Waals surface area contributed by atoms with Crippen LogP contribution in [0.15, 0.2) is 78.9 Å². The van der Waals surface area contributed by atoms with Gasteiger partial charge in [0, 0.05) is 18.3 Å². The van der Waals surface area contributed by atoms with Crippen LogP contribution in [0.25, 0.3) is 11.4 Å². The number of halogens is 1. The molecule has 0 saturated heterocycles. The Kier molecular flexibility index (Phi) is 5.96. The standard InChI is InChI=1S/C25H25ClN4O/c1-25(2,27-20-12-8-5-9-13-20)24-29-28-23(30(24)3)19-14-15-22(21(26)16-19)31-17-18-10-6-4-7-11-18/h4-16,27H,17H2,1-3H3.